The molecule has 2 nitrogen and oxygen atoms in total. The Kier molecular flexibility index (Phi) is 4.96. The zero-order chi connectivity index (χ0) is 9.72. The van der Waals surface area contributed by atoms with Gasteiger partial charge in [0, 0.05) is 5.92 Å². The van der Waals surface area contributed by atoms with E-state index < -0.39 is 12.2 Å². The van der Waals surface area contributed by atoms with Crippen molar-refractivity contribution >= 4 is 0 Å². The van der Waals surface area contributed by atoms with Crippen LogP contribution in [0.4, 0.5) is 0 Å². The van der Waals surface area contributed by atoms with Crippen molar-refractivity contribution in [3.63, 3.8) is 0 Å². The van der Waals surface area contributed by atoms with E-state index in [0.29, 0.717) is 6.42 Å². The van der Waals surface area contributed by atoms with Crippen molar-refractivity contribution < 1.29 is 10.2 Å². The summed E-state index contributed by atoms with van der Waals surface area (Å²) in [5.41, 5.74) is 0. The second-order valence-corrected chi connectivity index (χ2v) is 3.48. The standard InChI is InChI=1S/C10H18O2/c1-5-7(2)8(3)6-10(12)9(4)11/h1,7-12H,6H2,2-4H3. The van der Waals surface area contributed by atoms with Gasteiger partial charge >= 0.3 is 0 Å². The van der Waals surface area contributed by atoms with E-state index in [9.17, 15) is 5.11 Å². The van der Waals surface area contributed by atoms with E-state index in [1.165, 1.54) is 0 Å². The molecule has 0 aliphatic carbocycles. The Morgan fingerprint density at radius 2 is 1.75 bits per heavy atom. The molecule has 70 valence electrons. The lowest BCUT2D eigenvalue weighted by atomic mass is 9.90. The maximum atomic E-state index is 9.32. The molecule has 0 amide bonds. The maximum absolute atomic E-state index is 9.32. The Hall–Kier alpha value is -0.520. The fraction of sp³-hybridized carbons (Fsp3) is 0.800. The summed E-state index contributed by atoms with van der Waals surface area (Å²) in [5.74, 6) is 3.02. The summed E-state index contributed by atoms with van der Waals surface area (Å²) in [6.07, 6.45) is 4.46. The molecule has 2 N–H and O–H groups in total. The minimum absolute atomic E-state index is 0.151. The molecular formula is C10H18O2. The molecule has 0 aliphatic rings. The first kappa shape index (κ1) is 11.5. The molecule has 0 aromatic carbocycles. The number of terminal acetylenes is 1. The third kappa shape index (κ3) is 3.75. The van der Waals surface area contributed by atoms with E-state index >= 15 is 0 Å². The first-order valence-corrected chi connectivity index (χ1v) is 4.31. The predicted octanol–water partition coefficient (Wildman–Crippen LogP) is 1.02. The second-order valence-electron chi connectivity index (χ2n) is 3.48. The van der Waals surface area contributed by atoms with Crippen LogP contribution in [0, 0.1) is 24.2 Å². The number of aliphatic hydroxyl groups excluding tert-OH is 2. The topological polar surface area (TPSA) is 40.5 Å². The lowest BCUT2D eigenvalue weighted by Gasteiger charge is -2.20. The normalized spacial score (nSPS) is 20.7. The third-order valence-corrected chi connectivity index (χ3v) is 2.29. The van der Waals surface area contributed by atoms with Gasteiger partial charge in [0.2, 0.25) is 0 Å². The molecule has 12 heavy (non-hydrogen) atoms. The molecule has 4 unspecified atom stereocenters. The summed E-state index contributed by atoms with van der Waals surface area (Å²) in [6.45, 7) is 5.51. The number of hydrogen-bond donors (Lipinski definition) is 2. The van der Waals surface area contributed by atoms with Gasteiger partial charge in [-0.05, 0) is 19.3 Å². The zero-order valence-electron chi connectivity index (χ0n) is 7.99. The van der Waals surface area contributed by atoms with E-state index in [4.69, 9.17) is 11.5 Å². The van der Waals surface area contributed by atoms with Crippen LogP contribution >= 0.6 is 0 Å². The quantitative estimate of drug-likeness (QED) is 0.618. The SMILES string of the molecule is C#CC(C)C(C)CC(O)C(C)O. The highest BCUT2D eigenvalue weighted by molar-refractivity contribution is 4.93. The lowest BCUT2D eigenvalue weighted by molar-refractivity contribution is 0.0147. The van der Waals surface area contributed by atoms with Gasteiger partial charge in [0.05, 0.1) is 12.2 Å². The Labute approximate surface area is 74.6 Å². The highest BCUT2D eigenvalue weighted by atomic mass is 16.3. The van der Waals surface area contributed by atoms with Crippen LogP contribution in [0.1, 0.15) is 27.2 Å². The highest BCUT2D eigenvalue weighted by Crippen LogP contribution is 2.17. The van der Waals surface area contributed by atoms with Crippen LogP contribution in [0.25, 0.3) is 0 Å². The van der Waals surface area contributed by atoms with Crippen molar-refractivity contribution in [2.75, 3.05) is 0 Å². The van der Waals surface area contributed by atoms with Crippen LogP contribution in [0.2, 0.25) is 0 Å². The van der Waals surface area contributed by atoms with Gasteiger partial charge in [0.25, 0.3) is 0 Å². The van der Waals surface area contributed by atoms with Crippen LogP contribution in [0.3, 0.4) is 0 Å². The summed E-state index contributed by atoms with van der Waals surface area (Å²) < 4.78 is 0. The van der Waals surface area contributed by atoms with E-state index in [1.807, 2.05) is 13.8 Å². The molecule has 0 bridgehead atoms. The van der Waals surface area contributed by atoms with Crippen LogP contribution < -0.4 is 0 Å². The zero-order valence-corrected chi connectivity index (χ0v) is 7.99. The highest BCUT2D eigenvalue weighted by Gasteiger charge is 2.17. The van der Waals surface area contributed by atoms with Gasteiger partial charge in [0.15, 0.2) is 0 Å². The molecule has 0 fully saturated rings. The van der Waals surface area contributed by atoms with Crippen LogP contribution in [-0.2, 0) is 0 Å². The summed E-state index contributed by atoms with van der Waals surface area (Å²) in [4.78, 5) is 0. The lowest BCUT2D eigenvalue weighted by Crippen LogP contribution is -2.26. The average Bonchev–Trinajstić information content (AvgIpc) is 2.02. The van der Waals surface area contributed by atoms with E-state index in [1.54, 1.807) is 6.92 Å². The van der Waals surface area contributed by atoms with Gasteiger partial charge in [-0.25, -0.2) is 0 Å². The molecule has 0 radical (unpaired) electrons. The van der Waals surface area contributed by atoms with Crippen molar-refractivity contribution in [2.24, 2.45) is 11.8 Å². The van der Waals surface area contributed by atoms with E-state index in [2.05, 4.69) is 5.92 Å². The van der Waals surface area contributed by atoms with Gasteiger partial charge in [-0.15, -0.1) is 12.3 Å². The fourth-order valence-electron chi connectivity index (χ4n) is 0.946. The fourth-order valence-corrected chi connectivity index (χ4v) is 0.946. The van der Waals surface area contributed by atoms with Crippen LogP contribution in [-0.4, -0.2) is 22.4 Å². The van der Waals surface area contributed by atoms with E-state index in [-0.39, 0.29) is 11.8 Å². The number of hydrogen-bond acceptors (Lipinski definition) is 2. The molecular weight excluding hydrogens is 152 g/mol. The molecule has 0 saturated carbocycles. The largest absolute Gasteiger partial charge is 0.391 e. The van der Waals surface area contributed by atoms with Gasteiger partial charge in [-0.3, -0.25) is 0 Å². The molecule has 0 rings (SSSR count). The van der Waals surface area contributed by atoms with Crippen molar-refractivity contribution in [3.8, 4) is 12.3 Å². The number of aliphatic hydroxyl groups is 2. The monoisotopic (exact) mass is 170 g/mol. The van der Waals surface area contributed by atoms with Gasteiger partial charge < -0.3 is 10.2 Å². The Bertz CT molecular complexity index is 158. The summed E-state index contributed by atoms with van der Waals surface area (Å²) in [7, 11) is 0. The van der Waals surface area contributed by atoms with Gasteiger partial charge in [0.1, 0.15) is 0 Å². The van der Waals surface area contributed by atoms with Crippen molar-refractivity contribution in [1.82, 2.24) is 0 Å². The van der Waals surface area contributed by atoms with Crippen molar-refractivity contribution in [1.29, 1.82) is 0 Å². The molecule has 0 aliphatic heterocycles. The Morgan fingerprint density at radius 3 is 2.08 bits per heavy atom. The number of rotatable bonds is 4. The van der Waals surface area contributed by atoms with Gasteiger partial charge in [-0.2, -0.15) is 0 Å². The smallest absolute Gasteiger partial charge is 0.0799 e. The predicted molar refractivity (Wildman–Crippen MR) is 49.5 cm³/mol. The average molecular weight is 170 g/mol. The molecule has 0 saturated heterocycles. The maximum Gasteiger partial charge on any atom is 0.0799 e. The summed E-state index contributed by atoms with van der Waals surface area (Å²) in [6, 6.07) is 0. The third-order valence-electron chi connectivity index (χ3n) is 2.29. The van der Waals surface area contributed by atoms with Crippen molar-refractivity contribution in [3.05, 3.63) is 0 Å². The molecule has 0 spiro atoms. The molecule has 0 heterocycles. The Balaban J connectivity index is 3.85. The molecule has 0 aromatic heterocycles. The minimum Gasteiger partial charge on any atom is -0.391 e. The van der Waals surface area contributed by atoms with Gasteiger partial charge in [-0.1, -0.05) is 13.8 Å². The molecule has 2 heteroatoms. The van der Waals surface area contributed by atoms with Crippen molar-refractivity contribution in [2.45, 2.75) is 39.4 Å². The first-order chi connectivity index (χ1) is 5.49. The molecule has 4 atom stereocenters. The van der Waals surface area contributed by atoms with E-state index in [0.717, 1.165) is 0 Å². The minimum atomic E-state index is -0.669. The second kappa shape index (κ2) is 5.18. The summed E-state index contributed by atoms with van der Waals surface area (Å²) in [5, 5.41) is 18.3. The first-order valence-electron chi connectivity index (χ1n) is 4.31. The Morgan fingerprint density at radius 1 is 1.25 bits per heavy atom. The van der Waals surface area contributed by atoms with Crippen LogP contribution in [0.15, 0.2) is 0 Å². The molecule has 0 aromatic rings. The summed E-state index contributed by atoms with van der Waals surface area (Å²) >= 11 is 0. The van der Waals surface area contributed by atoms with Crippen LogP contribution in [0.5, 0.6) is 0 Å².